The summed E-state index contributed by atoms with van der Waals surface area (Å²) in [7, 11) is 0. The fraction of sp³-hybridized carbons (Fsp3) is 0.450. The first-order chi connectivity index (χ1) is 14.1. The number of halogens is 3. The minimum atomic E-state index is -2.94. The molecule has 0 saturated carbocycles. The van der Waals surface area contributed by atoms with Crippen molar-refractivity contribution < 1.29 is 22.7 Å². The average Bonchev–Trinajstić information content (AvgIpc) is 3.21. The Morgan fingerprint density at radius 2 is 2.00 bits per heavy atom. The molecule has 0 aliphatic rings. The predicted octanol–water partition coefficient (Wildman–Crippen LogP) is 4.54. The Morgan fingerprint density at radius 3 is 2.67 bits per heavy atom. The molecule has 0 saturated heterocycles. The Morgan fingerprint density at radius 1 is 1.20 bits per heavy atom. The van der Waals surface area contributed by atoms with Gasteiger partial charge < -0.3 is 24.5 Å². The third-order valence-corrected chi connectivity index (χ3v) is 4.43. The van der Waals surface area contributed by atoms with Crippen molar-refractivity contribution in [2.75, 3.05) is 31.7 Å². The molecule has 6 nitrogen and oxygen atoms in total. The zero-order chi connectivity index (χ0) is 20.9. The van der Waals surface area contributed by atoms with Gasteiger partial charge in [-0.1, -0.05) is 12.1 Å². The number of alkyl halides is 2. The van der Waals surface area contributed by atoms with Crippen molar-refractivity contribution in [1.29, 1.82) is 0 Å². The summed E-state index contributed by atoms with van der Waals surface area (Å²) in [5.74, 6) is 2.68. The van der Waals surface area contributed by atoms with Crippen molar-refractivity contribution in [2.45, 2.75) is 26.5 Å². The van der Waals surface area contributed by atoms with Crippen LogP contribution in [0.5, 0.6) is 11.5 Å². The quantitative estimate of drug-likeness (QED) is 0.174. The number of ether oxygens (including phenoxy) is 2. The molecule has 0 aliphatic heterocycles. The molecule has 1 heterocycles. The lowest BCUT2D eigenvalue weighted by atomic mass is 10.2. The normalized spacial score (nSPS) is 11.2. The second kappa shape index (κ2) is 15.2. The zero-order valence-electron chi connectivity index (χ0n) is 17.0. The van der Waals surface area contributed by atoms with Crippen LogP contribution in [0, 0.1) is 0 Å². The van der Waals surface area contributed by atoms with Gasteiger partial charge in [0.2, 0.25) is 0 Å². The molecule has 2 rings (SSSR count). The van der Waals surface area contributed by atoms with Gasteiger partial charge in [0.25, 0.3) is 0 Å². The Kier molecular flexibility index (Phi) is 13.3. The highest BCUT2D eigenvalue weighted by Crippen LogP contribution is 2.33. The Bertz CT molecular complexity index is 749. The third-order valence-electron chi connectivity index (χ3n) is 3.82. The number of hydrogen-bond donors (Lipinski definition) is 2. The largest absolute Gasteiger partial charge is 0.490 e. The third kappa shape index (κ3) is 9.41. The number of benzene rings is 1. The maximum atomic E-state index is 12.9. The Hall–Kier alpha value is -1.69. The van der Waals surface area contributed by atoms with E-state index in [1.807, 2.05) is 18.4 Å². The number of thioether (sulfide) groups is 1. The van der Waals surface area contributed by atoms with Gasteiger partial charge in [-0.25, -0.2) is 4.99 Å². The van der Waals surface area contributed by atoms with E-state index in [4.69, 9.17) is 13.9 Å². The number of rotatable bonds is 12. The molecule has 0 bridgehead atoms. The molecule has 0 unspecified atom stereocenters. The molecule has 2 aromatic rings. The van der Waals surface area contributed by atoms with Crippen molar-refractivity contribution in [1.82, 2.24) is 10.6 Å². The number of para-hydroxylation sites is 1. The van der Waals surface area contributed by atoms with Crippen LogP contribution in [0.4, 0.5) is 8.78 Å². The van der Waals surface area contributed by atoms with Crippen molar-refractivity contribution in [3.8, 4) is 11.5 Å². The van der Waals surface area contributed by atoms with Crippen LogP contribution in [0.1, 0.15) is 18.2 Å². The van der Waals surface area contributed by atoms with E-state index in [0.717, 1.165) is 18.1 Å². The maximum absolute atomic E-state index is 12.9. The SMILES string of the molecule is CCOc1cccc(CN=C(NCCSC)NCCc2ccco2)c1OC(F)F.I. The molecule has 10 heteroatoms. The lowest BCUT2D eigenvalue weighted by Crippen LogP contribution is -2.39. The first-order valence-corrected chi connectivity index (χ1v) is 10.8. The Balaban J connectivity index is 0.00000450. The molecule has 0 atom stereocenters. The van der Waals surface area contributed by atoms with E-state index in [2.05, 4.69) is 15.6 Å². The van der Waals surface area contributed by atoms with Gasteiger partial charge in [0.15, 0.2) is 17.5 Å². The summed E-state index contributed by atoms with van der Waals surface area (Å²) in [5, 5.41) is 6.47. The standard InChI is InChI=1S/C20H27F2N3O3S.HI/c1-3-26-17-8-4-6-15(18(17)28-19(21)22)14-25-20(24-11-13-29-2)23-10-9-16-7-5-12-27-16;/h4-8,12,19H,3,9-11,13-14H2,1-2H3,(H2,23,24,25);1H. The van der Waals surface area contributed by atoms with Crippen molar-refractivity contribution in [3.05, 3.63) is 47.9 Å². The van der Waals surface area contributed by atoms with Gasteiger partial charge in [0, 0.05) is 30.8 Å². The van der Waals surface area contributed by atoms with Crippen LogP contribution in [-0.4, -0.2) is 44.3 Å². The van der Waals surface area contributed by atoms with Gasteiger partial charge in [-0.2, -0.15) is 20.5 Å². The average molecular weight is 555 g/mol. The molecule has 0 amide bonds. The highest BCUT2D eigenvalue weighted by molar-refractivity contribution is 14.0. The van der Waals surface area contributed by atoms with E-state index >= 15 is 0 Å². The minimum Gasteiger partial charge on any atom is -0.490 e. The topological polar surface area (TPSA) is 68.0 Å². The van der Waals surface area contributed by atoms with Crippen LogP contribution >= 0.6 is 35.7 Å². The number of nitrogens with one attached hydrogen (secondary N) is 2. The summed E-state index contributed by atoms with van der Waals surface area (Å²) in [6.45, 7) is 0.712. The molecular weight excluding hydrogens is 527 g/mol. The molecule has 30 heavy (non-hydrogen) atoms. The molecule has 0 fully saturated rings. The number of hydrogen-bond acceptors (Lipinski definition) is 5. The summed E-state index contributed by atoms with van der Waals surface area (Å²) in [6.07, 6.45) is 4.36. The van der Waals surface area contributed by atoms with Crippen molar-refractivity contribution in [3.63, 3.8) is 0 Å². The first-order valence-electron chi connectivity index (χ1n) is 9.37. The summed E-state index contributed by atoms with van der Waals surface area (Å²) in [5.41, 5.74) is 0.522. The Labute approximate surface area is 197 Å². The lowest BCUT2D eigenvalue weighted by Gasteiger charge is -2.15. The second-order valence-corrected chi connectivity index (χ2v) is 6.88. The van der Waals surface area contributed by atoms with E-state index in [1.54, 1.807) is 43.1 Å². The van der Waals surface area contributed by atoms with Crippen molar-refractivity contribution in [2.24, 2.45) is 4.99 Å². The molecule has 168 valence electrons. The van der Waals surface area contributed by atoms with Crippen molar-refractivity contribution >= 4 is 41.7 Å². The van der Waals surface area contributed by atoms with Crippen LogP contribution in [-0.2, 0) is 13.0 Å². The number of aliphatic imine (C=N–C) groups is 1. The summed E-state index contributed by atoms with van der Waals surface area (Å²) < 4.78 is 41.2. The fourth-order valence-corrected chi connectivity index (χ4v) is 2.85. The lowest BCUT2D eigenvalue weighted by molar-refractivity contribution is -0.0520. The highest BCUT2D eigenvalue weighted by atomic mass is 127. The summed E-state index contributed by atoms with van der Waals surface area (Å²) >= 11 is 1.72. The maximum Gasteiger partial charge on any atom is 0.387 e. The number of nitrogens with zero attached hydrogens (tertiary/aromatic N) is 1. The van der Waals surface area contributed by atoms with E-state index in [0.29, 0.717) is 31.1 Å². The molecule has 1 aromatic heterocycles. The monoisotopic (exact) mass is 555 g/mol. The second-order valence-electron chi connectivity index (χ2n) is 5.90. The molecule has 2 N–H and O–H groups in total. The van der Waals surface area contributed by atoms with E-state index in [1.165, 1.54) is 0 Å². The van der Waals surface area contributed by atoms with E-state index in [9.17, 15) is 8.78 Å². The number of guanidine groups is 1. The van der Waals surface area contributed by atoms with Crippen LogP contribution in [0.2, 0.25) is 0 Å². The van der Waals surface area contributed by atoms with Gasteiger partial charge >= 0.3 is 6.61 Å². The predicted molar refractivity (Wildman–Crippen MR) is 128 cm³/mol. The molecule has 1 aromatic carbocycles. The first kappa shape index (κ1) is 26.3. The van der Waals surface area contributed by atoms with Gasteiger partial charge in [-0.05, 0) is 31.4 Å². The summed E-state index contributed by atoms with van der Waals surface area (Å²) in [6, 6.07) is 8.79. The van der Waals surface area contributed by atoms with E-state index in [-0.39, 0.29) is 42.0 Å². The highest BCUT2D eigenvalue weighted by Gasteiger charge is 2.15. The van der Waals surface area contributed by atoms with Crippen LogP contribution in [0.3, 0.4) is 0 Å². The van der Waals surface area contributed by atoms with Gasteiger partial charge in [-0.3, -0.25) is 0 Å². The zero-order valence-corrected chi connectivity index (χ0v) is 20.2. The van der Waals surface area contributed by atoms with Crippen LogP contribution < -0.4 is 20.1 Å². The molecular formula is C20H28F2IN3O3S. The van der Waals surface area contributed by atoms with Crippen LogP contribution in [0.15, 0.2) is 46.0 Å². The van der Waals surface area contributed by atoms with E-state index < -0.39 is 6.61 Å². The fourth-order valence-electron chi connectivity index (χ4n) is 2.55. The van der Waals surface area contributed by atoms with Gasteiger partial charge in [0.05, 0.1) is 19.4 Å². The van der Waals surface area contributed by atoms with Crippen LogP contribution in [0.25, 0.3) is 0 Å². The van der Waals surface area contributed by atoms with Gasteiger partial charge in [-0.15, -0.1) is 24.0 Å². The summed E-state index contributed by atoms with van der Waals surface area (Å²) in [4.78, 5) is 4.53. The number of furan rings is 1. The molecule has 0 aliphatic carbocycles. The molecule has 0 spiro atoms. The van der Waals surface area contributed by atoms with Gasteiger partial charge in [0.1, 0.15) is 5.76 Å². The smallest absolute Gasteiger partial charge is 0.387 e. The molecule has 0 radical (unpaired) electrons. The minimum absolute atomic E-state index is 0.